The van der Waals surface area contributed by atoms with Crippen LogP contribution in [-0.4, -0.2) is 12.9 Å². The number of aldehydes is 1. The van der Waals surface area contributed by atoms with Gasteiger partial charge in [0, 0.05) is 22.3 Å². The first-order valence-electron chi connectivity index (χ1n) is 6.35. The minimum Gasteiger partial charge on any atom is -0.488 e. The molecule has 2 heteroatoms. The highest BCUT2D eigenvalue weighted by Crippen LogP contribution is 2.26. The van der Waals surface area contributed by atoms with Crippen LogP contribution >= 0.6 is 0 Å². The molecule has 0 fully saturated rings. The van der Waals surface area contributed by atoms with Crippen molar-refractivity contribution >= 4 is 12.4 Å². The van der Waals surface area contributed by atoms with Crippen molar-refractivity contribution in [2.24, 2.45) is 0 Å². The van der Waals surface area contributed by atoms with E-state index < -0.39 is 0 Å². The van der Waals surface area contributed by atoms with Crippen LogP contribution in [0.1, 0.15) is 16.7 Å². The van der Waals surface area contributed by atoms with Gasteiger partial charge >= 0.3 is 0 Å². The highest BCUT2D eigenvalue weighted by Gasteiger charge is 2.10. The Labute approximate surface area is 117 Å². The van der Waals surface area contributed by atoms with Crippen molar-refractivity contribution in [2.45, 2.75) is 0 Å². The van der Waals surface area contributed by atoms with E-state index in [-0.39, 0.29) is 0 Å². The molecule has 0 bridgehead atoms. The summed E-state index contributed by atoms with van der Waals surface area (Å²) in [5.41, 5.74) is 3.45. The Morgan fingerprint density at radius 3 is 2.60 bits per heavy atom. The van der Waals surface area contributed by atoms with Gasteiger partial charge in [0.15, 0.2) is 0 Å². The zero-order valence-electron chi connectivity index (χ0n) is 10.8. The smallest absolute Gasteiger partial charge is 0.149 e. The number of rotatable bonds is 1. The van der Waals surface area contributed by atoms with Crippen molar-refractivity contribution in [2.75, 3.05) is 6.61 Å². The maximum atomic E-state index is 10.7. The number of benzene rings is 2. The van der Waals surface area contributed by atoms with E-state index >= 15 is 0 Å². The van der Waals surface area contributed by atoms with E-state index in [0.29, 0.717) is 12.2 Å². The number of carbonyl (C=O) groups is 1. The molecular weight excluding hydrogens is 248 g/mol. The average molecular weight is 260 g/mol. The molecule has 1 aliphatic heterocycles. The van der Waals surface area contributed by atoms with E-state index in [2.05, 4.69) is 11.8 Å². The molecule has 1 aliphatic rings. The molecule has 20 heavy (non-hydrogen) atoms. The monoisotopic (exact) mass is 260 g/mol. The summed E-state index contributed by atoms with van der Waals surface area (Å²) in [5, 5.41) is 0. The number of carbonyl (C=O) groups excluding carboxylic acids is 1. The van der Waals surface area contributed by atoms with Crippen molar-refractivity contribution in [3.8, 4) is 17.6 Å². The lowest BCUT2D eigenvalue weighted by Crippen LogP contribution is -2.08. The van der Waals surface area contributed by atoms with Crippen LogP contribution in [0.25, 0.3) is 6.08 Å². The summed E-state index contributed by atoms with van der Waals surface area (Å²) >= 11 is 0. The van der Waals surface area contributed by atoms with E-state index in [1.807, 2.05) is 54.6 Å². The van der Waals surface area contributed by atoms with Gasteiger partial charge in [-0.25, -0.2) is 0 Å². The zero-order valence-corrected chi connectivity index (χ0v) is 10.8. The van der Waals surface area contributed by atoms with Crippen LogP contribution in [0.4, 0.5) is 0 Å². The van der Waals surface area contributed by atoms with Crippen LogP contribution in [0.5, 0.6) is 5.75 Å². The Morgan fingerprint density at radius 1 is 1.00 bits per heavy atom. The number of fused-ring (bicyclic) bond motifs is 1. The Morgan fingerprint density at radius 2 is 1.80 bits per heavy atom. The Balaban J connectivity index is 1.89. The fraction of sp³-hybridized carbons (Fsp3) is 0.0556. The van der Waals surface area contributed by atoms with E-state index in [1.54, 1.807) is 0 Å². The third kappa shape index (κ3) is 2.62. The molecule has 2 aromatic rings. The lowest BCUT2D eigenvalue weighted by Gasteiger charge is -2.14. The van der Waals surface area contributed by atoms with Crippen molar-refractivity contribution in [1.29, 1.82) is 0 Å². The minimum absolute atomic E-state index is 0.325. The standard InChI is InChI=1S/C18H12O2/c19-12-16-10-17-9-8-15(11-18(17)20-13-16)7-6-14-4-2-1-3-5-14/h1-5,8-12H,13H2. The van der Waals surface area contributed by atoms with Crippen LogP contribution in [0.3, 0.4) is 0 Å². The van der Waals surface area contributed by atoms with Crippen LogP contribution < -0.4 is 4.74 Å². The van der Waals surface area contributed by atoms with Crippen LogP contribution in [0.15, 0.2) is 54.1 Å². The highest BCUT2D eigenvalue weighted by molar-refractivity contribution is 5.84. The molecule has 2 aromatic carbocycles. The van der Waals surface area contributed by atoms with E-state index in [1.165, 1.54) is 0 Å². The minimum atomic E-state index is 0.325. The summed E-state index contributed by atoms with van der Waals surface area (Å²) in [5.74, 6) is 7.00. The van der Waals surface area contributed by atoms with Gasteiger partial charge in [-0.15, -0.1) is 0 Å². The van der Waals surface area contributed by atoms with Crippen molar-refractivity contribution in [3.05, 3.63) is 70.8 Å². The topological polar surface area (TPSA) is 26.3 Å². The van der Waals surface area contributed by atoms with Gasteiger partial charge in [0.25, 0.3) is 0 Å². The van der Waals surface area contributed by atoms with Gasteiger partial charge in [-0.3, -0.25) is 4.79 Å². The average Bonchev–Trinajstić information content (AvgIpc) is 2.53. The van der Waals surface area contributed by atoms with Gasteiger partial charge in [-0.1, -0.05) is 36.1 Å². The van der Waals surface area contributed by atoms with Gasteiger partial charge in [-0.2, -0.15) is 0 Å². The molecule has 0 N–H and O–H groups in total. The number of ether oxygens (including phenoxy) is 1. The third-order valence-electron chi connectivity index (χ3n) is 3.03. The molecule has 0 spiro atoms. The predicted octanol–water partition coefficient (Wildman–Crippen LogP) is 3.06. The summed E-state index contributed by atoms with van der Waals surface area (Å²) < 4.78 is 5.55. The SMILES string of the molecule is O=CC1=Cc2ccc(C#Cc3ccccc3)cc2OC1. The zero-order chi connectivity index (χ0) is 13.8. The van der Waals surface area contributed by atoms with Gasteiger partial charge in [0.2, 0.25) is 0 Å². The molecule has 96 valence electrons. The summed E-state index contributed by atoms with van der Waals surface area (Å²) in [7, 11) is 0. The second-order valence-corrected chi connectivity index (χ2v) is 4.49. The lowest BCUT2D eigenvalue weighted by molar-refractivity contribution is -0.105. The number of hydrogen-bond acceptors (Lipinski definition) is 2. The first kappa shape index (κ1) is 12.3. The van der Waals surface area contributed by atoms with E-state index in [0.717, 1.165) is 28.7 Å². The quantitative estimate of drug-likeness (QED) is 0.582. The maximum absolute atomic E-state index is 10.7. The Hall–Kier alpha value is -2.79. The summed E-state index contributed by atoms with van der Waals surface area (Å²) in [6.07, 6.45) is 2.67. The third-order valence-corrected chi connectivity index (χ3v) is 3.03. The van der Waals surface area contributed by atoms with E-state index in [9.17, 15) is 4.79 Å². The molecule has 0 saturated carbocycles. The molecule has 0 aliphatic carbocycles. The molecule has 0 saturated heterocycles. The van der Waals surface area contributed by atoms with Crippen molar-refractivity contribution in [3.63, 3.8) is 0 Å². The van der Waals surface area contributed by atoms with Crippen molar-refractivity contribution < 1.29 is 9.53 Å². The fourth-order valence-electron chi connectivity index (χ4n) is 1.99. The van der Waals surface area contributed by atoms with Gasteiger partial charge < -0.3 is 4.74 Å². The fourth-order valence-corrected chi connectivity index (χ4v) is 1.99. The molecule has 3 rings (SSSR count). The highest BCUT2D eigenvalue weighted by atomic mass is 16.5. The normalized spacial score (nSPS) is 12.3. The second kappa shape index (κ2) is 5.46. The Kier molecular flexibility index (Phi) is 3.34. The summed E-state index contributed by atoms with van der Waals surface area (Å²) in [6, 6.07) is 15.6. The van der Waals surface area contributed by atoms with Gasteiger partial charge in [0.1, 0.15) is 18.6 Å². The van der Waals surface area contributed by atoms with Crippen LogP contribution in [0, 0.1) is 11.8 Å². The van der Waals surface area contributed by atoms with Crippen LogP contribution in [0.2, 0.25) is 0 Å². The molecule has 0 atom stereocenters. The van der Waals surface area contributed by atoms with Crippen LogP contribution in [-0.2, 0) is 4.79 Å². The number of hydrogen-bond donors (Lipinski definition) is 0. The molecule has 0 aromatic heterocycles. The molecule has 2 nitrogen and oxygen atoms in total. The second-order valence-electron chi connectivity index (χ2n) is 4.49. The van der Waals surface area contributed by atoms with Crippen molar-refractivity contribution in [1.82, 2.24) is 0 Å². The van der Waals surface area contributed by atoms with E-state index in [4.69, 9.17) is 4.74 Å². The Bertz CT molecular complexity index is 731. The first-order chi connectivity index (χ1) is 9.85. The molecule has 0 unspecified atom stereocenters. The predicted molar refractivity (Wildman–Crippen MR) is 78.4 cm³/mol. The summed E-state index contributed by atoms with van der Waals surface area (Å²) in [6.45, 7) is 0.325. The summed E-state index contributed by atoms with van der Waals surface area (Å²) in [4.78, 5) is 10.7. The molecule has 1 heterocycles. The first-order valence-corrected chi connectivity index (χ1v) is 6.35. The maximum Gasteiger partial charge on any atom is 0.149 e. The molecule has 0 radical (unpaired) electrons. The molecule has 0 amide bonds. The lowest BCUT2D eigenvalue weighted by atomic mass is 10.1. The largest absolute Gasteiger partial charge is 0.488 e. The molecular formula is C18H12O2. The van der Waals surface area contributed by atoms with Gasteiger partial charge in [-0.05, 0) is 30.3 Å². The van der Waals surface area contributed by atoms with Gasteiger partial charge in [0.05, 0.1) is 0 Å².